The van der Waals surface area contributed by atoms with Crippen LogP contribution in [0.4, 0.5) is 0 Å². The highest BCUT2D eigenvalue weighted by Gasteiger charge is 2.12. The molecule has 1 N–H and O–H groups in total. The first-order valence-corrected chi connectivity index (χ1v) is 5.21. The second kappa shape index (κ2) is 4.42. The molecule has 0 spiro atoms. The summed E-state index contributed by atoms with van der Waals surface area (Å²) < 4.78 is 2.11. The Morgan fingerprint density at radius 2 is 1.93 bits per heavy atom. The zero-order chi connectivity index (χ0) is 9.80. The molecule has 0 unspecified atom stereocenters. The van der Waals surface area contributed by atoms with Crippen molar-refractivity contribution in [2.24, 2.45) is 5.92 Å². The quantitative estimate of drug-likeness (QED) is 0.753. The molecule has 1 saturated heterocycles. The van der Waals surface area contributed by atoms with E-state index in [4.69, 9.17) is 0 Å². The van der Waals surface area contributed by atoms with Crippen molar-refractivity contribution in [1.29, 1.82) is 0 Å². The van der Waals surface area contributed by atoms with Crippen LogP contribution in [0, 0.1) is 5.92 Å². The minimum atomic E-state index is 0.0894. The number of aromatic nitrogens is 1. The molecule has 0 amide bonds. The van der Waals surface area contributed by atoms with Gasteiger partial charge in [0, 0.05) is 31.1 Å². The van der Waals surface area contributed by atoms with Crippen molar-refractivity contribution in [1.82, 2.24) is 9.88 Å². The Morgan fingerprint density at radius 1 is 1.29 bits per heavy atom. The lowest BCUT2D eigenvalue weighted by atomic mass is 9.98. The number of nitrogens with zero attached hydrogens (tertiary/aromatic N) is 1. The molecule has 1 aromatic rings. The Hall–Kier alpha value is -1.09. The molecular weight excluding hydrogens is 176 g/mol. The van der Waals surface area contributed by atoms with E-state index in [0.29, 0.717) is 0 Å². The summed E-state index contributed by atoms with van der Waals surface area (Å²) in [6.45, 7) is 3.30. The highest BCUT2D eigenvalue weighted by molar-refractivity contribution is 4.93. The molecule has 0 aromatic carbocycles. The summed E-state index contributed by atoms with van der Waals surface area (Å²) in [4.78, 5) is 10.9. The van der Waals surface area contributed by atoms with Gasteiger partial charge in [0.05, 0.1) is 0 Å². The molecule has 2 heterocycles. The van der Waals surface area contributed by atoms with Crippen molar-refractivity contribution in [3.63, 3.8) is 0 Å². The van der Waals surface area contributed by atoms with Crippen LogP contribution in [0.5, 0.6) is 0 Å². The zero-order valence-corrected chi connectivity index (χ0v) is 8.28. The summed E-state index contributed by atoms with van der Waals surface area (Å²) in [5.41, 5.74) is 0.0894. The van der Waals surface area contributed by atoms with Crippen molar-refractivity contribution < 1.29 is 0 Å². The van der Waals surface area contributed by atoms with E-state index in [-0.39, 0.29) is 5.43 Å². The van der Waals surface area contributed by atoms with E-state index < -0.39 is 0 Å². The van der Waals surface area contributed by atoms with Crippen molar-refractivity contribution in [3.05, 3.63) is 34.7 Å². The van der Waals surface area contributed by atoms with E-state index in [1.54, 1.807) is 12.1 Å². The average Bonchev–Trinajstić information content (AvgIpc) is 2.23. The van der Waals surface area contributed by atoms with Gasteiger partial charge >= 0.3 is 0 Å². The lowest BCUT2D eigenvalue weighted by molar-refractivity contribution is 0.332. The lowest BCUT2D eigenvalue weighted by Gasteiger charge is -2.23. The van der Waals surface area contributed by atoms with Crippen LogP contribution in [-0.4, -0.2) is 17.7 Å². The largest absolute Gasteiger partial charge is 0.354 e. The fraction of sp³-hybridized carbons (Fsp3) is 0.545. The molecular formula is C11H16N2O. The van der Waals surface area contributed by atoms with Gasteiger partial charge in [0.1, 0.15) is 0 Å². The number of nitrogens with one attached hydrogen (secondary N) is 1. The predicted octanol–water partition coefficient (Wildman–Crippen LogP) is 0.848. The van der Waals surface area contributed by atoms with E-state index in [1.165, 1.54) is 12.8 Å². The van der Waals surface area contributed by atoms with Crippen molar-refractivity contribution in [2.75, 3.05) is 13.1 Å². The summed E-state index contributed by atoms with van der Waals surface area (Å²) in [6.07, 6.45) is 6.24. The SMILES string of the molecule is O=c1ccn(CC2CCNCC2)cc1. The highest BCUT2D eigenvalue weighted by atomic mass is 16.1. The molecule has 3 heteroatoms. The number of piperidine rings is 1. The third-order valence-corrected chi connectivity index (χ3v) is 2.79. The molecule has 0 aliphatic carbocycles. The van der Waals surface area contributed by atoms with Crippen LogP contribution in [0.2, 0.25) is 0 Å². The van der Waals surface area contributed by atoms with Crippen LogP contribution < -0.4 is 10.7 Å². The molecule has 0 radical (unpaired) electrons. The third kappa shape index (κ3) is 2.45. The lowest BCUT2D eigenvalue weighted by Crippen LogP contribution is -2.29. The number of hydrogen-bond acceptors (Lipinski definition) is 2. The molecule has 0 bridgehead atoms. The molecule has 2 rings (SSSR count). The Bertz CT molecular complexity index is 319. The molecule has 1 fully saturated rings. The molecule has 1 aliphatic heterocycles. The van der Waals surface area contributed by atoms with Crippen LogP contribution in [0.3, 0.4) is 0 Å². The average molecular weight is 192 g/mol. The summed E-state index contributed by atoms with van der Waals surface area (Å²) >= 11 is 0. The van der Waals surface area contributed by atoms with Crippen LogP contribution in [0.1, 0.15) is 12.8 Å². The first kappa shape index (κ1) is 9.46. The Kier molecular flexibility index (Phi) is 2.99. The third-order valence-electron chi connectivity index (χ3n) is 2.79. The topological polar surface area (TPSA) is 34.0 Å². The van der Waals surface area contributed by atoms with E-state index in [1.807, 2.05) is 12.4 Å². The first-order valence-electron chi connectivity index (χ1n) is 5.21. The fourth-order valence-electron chi connectivity index (χ4n) is 1.93. The number of rotatable bonds is 2. The zero-order valence-electron chi connectivity index (χ0n) is 8.28. The Balaban J connectivity index is 1.96. The van der Waals surface area contributed by atoms with E-state index in [0.717, 1.165) is 25.6 Å². The van der Waals surface area contributed by atoms with Crippen LogP contribution >= 0.6 is 0 Å². The van der Waals surface area contributed by atoms with Gasteiger partial charge in [0.25, 0.3) is 0 Å². The Labute approximate surface area is 83.8 Å². The van der Waals surface area contributed by atoms with Gasteiger partial charge in [-0.2, -0.15) is 0 Å². The summed E-state index contributed by atoms with van der Waals surface area (Å²) in [7, 11) is 0. The van der Waals surface area contributed by atoms with Crippen molar-refractivity contribution in [2.45, 2.75) is 19.4 Å². The Morgan fingerprint density at radius 3 is 2.57 bits per heavy atom. The van der Waals surface area contributed by atoms with Crippen LogP contribution in [0.25, 0.3) is 0 Å². The predicted molar refractivity (Wildman–Crippen MR) is 56.3 cm³/mol. The standard InChI is InChI=1S/C11H16N2O/c14-11-3-7-13(8-4-11)9-10-1-5-12-6-2-10/h3-4,7-8,10,12H,1-2,5-6,9H2. The van der Waals surface area contributed by atoms with Crippen LogP contribution in [0.15, 0.2) is 29.3 Å². The summed E-state index contributed by atoms with van der Waals surface area (Å²) in [5, 5.41) is 3.35. The van der Waals surface area contributed by atoms with Gasteiger partial charge in [-0.3, -0.25) is 4.79 Å². The molecule has 1 aliphatic rings. The molecule has 0 saturated carbocycles. The maximum atomic E-state index is 10.9. The van der Waals surface area contributed by atoms with Gasteiger partial charge in [-0.25, -0.2) is 0 Å². The number of pyridine rings is 1. The van der Waals surface area contributed by atoms with E-state index >= 15 is 0 Å². The molecule has 3 nitrogen and oxygen atoms in total. The molecule has 14 heavy (non-hydrogen) atoms. The minimum absolute atomic E-state index is 0.0894. The van der Waals surface area contributed by atoms with Crippen molar-refractivity contribution in [3.8, 4) is 0 Å². The highest BCUT2D eigenvalue weighted by Crippen LogP contribution is 2.13. The van der Waals surface area contributed by atoms with Gasteiger partial charge < -0.3 is 9.88 Å². The van der Waals surface area contributed by atoms with Gasteiger partial charge in [-0.15, -0.1) is 0 Å². The van der Waals surface area contributed by atoms with E-state index in [2.05, 4.69) is 9.88 Å². The smallest absolute Gasteiger partial charge is 0.181 e. The molecule has 1 aromatic heterocycles. The maximum absolute atomic E-state index is 10.9. The summed E-state index contributed by atoms with van der Waals surface area (Å²) in [5.74, 6) is 0.763. The maximum Gasteiger partial charge on any atom is 0.181 e. The van der Waals surface area contributed by atoms with Crippen molar-refractivity contribution >= 4 is 0 Å². The minimum Gasteiger partial charge on any atom is -0.354 e. The second-order valence-corrected chi connectivity index (χ2v) is 3.92. The van der Waals surface area contributed by atoms with Gasteiger partial charge in [0.2, 0.25) is 0 Å². The van der Waals surface area contributed by atoms with E-state index in [9.17, 15) is 4.79 Å². The van der Waals surface area contributed by atoms with Gasteiger partial charge in [0.15, 0.2) is 5.43 Å². The normalized spacial score (nSPS) is 18.3. The fourth-order valence-corrected chi connectivity index (χ4v) is 1.93. The molecule has 0 atom stereocenters. The van der Waals surface area contributed by atoms with Crippen LogP contribution in [-0.2, 0) is 6.54 Å². The second-order valence-electron chi connectivity index (χ2n) is 3.92. The van der Waals surface area contributed by atoms with Gasteiger partial charge in [-0.1, -0.05) is 0 Å². The van der Waals surface area contributed by atoms with Gasteiger partial charge in [-0.05, 0) is 31.8 Å². The summed E-state index contributed by atoms with van der Waals surface area (Å²) in [6, 6.07) is 3.25. The first-order chi connectivity index (χ1) is 6.84. The molecule has 76 valence electrons. The number of hydrogen-bond donors (Lipinski definition) is 1. The monoisotopic (exact) mass is 192 g/mol.